The number of carbonyl (C=O) groups is 4. The summed E-state index contributed by atoms with van der Waals surface area (Å²) in [5, 5.41) is 0. The van der Waals surface area contributed by atoms with Gasteiger partial charge in [0.1, 0.15) is 11.0 Å². The lowest BCUT2D eigenvalue weighted by atomic mass is 9.90. The minimum atomic E-state index is -4.90. The van der Waals surface area contributed by atoms with Crippen molar-refractivity contribution in [2.45, 2.75) is 147 Å². The predicted octanol–water partition coefficient (Wildman–Crippen LogP) is 10.1. The van der Waals surface area contributed by atoms with Crippen LogP contribution in [0.25, 0.3) is 0 Å². The summed E-state index contributed by atoms with van der Waals surface area (Å²) >= 11 is 2.18. The maximum Gasteiger partial charge on any atom is 0.471 e. The highest BCUT2D eigenvalue weighted by Crippen LogP contribution is 2.40. The third kappa shape index (κ3) is 18.8. The average Bonchev–Trinajstić information content (AvgIpc) is 3.71. The third-order valence-corrected chi connectivity index (χ3v) is 14.7. The van der Waals surface area contributed by atoms with Crippen molar-refractivity contribution < 1.29 is 63.4 Å². The van der Waals surface area contributed by atoms with E-state index >= 15 is 0 Å². The first-order valence-corrected chi connectivity index (χ1v) is 24.8. The van der Waals surface area contributed by atoms with Crippen LogP contribution in [0.2, 0.25) is 0 Å². The van der Waals surface area contributed by atoms with Crippen molar-refractivity contribution in [3.63, 3.8) is 0 Å². The highest BCUT2D eigenvalue weighted by molar-refractivity contribution is 14.1. The van der Waals surface area contributed by atoms with E-state index in [2.05, 4.69) is 36.4 Å². The van der Waals surface area contributed by atoms with Gasteiger partial charge >= 0.3 is 36.1 Å². The largest absolute Gasteiger partial charge is 0.471 e. The van der Waals surface area contributed by atoms with Crippen molar-refractivity contribution in [2.75, 3.05) is 27.3 Å². The molecule has 0 aliphatic carbocycles. The molecule has 67 heavy (non-hydrogen) atoms. The van der Waals surface area contributed by atoms with Crippen LogP contribution in [0, 0.1) is 15.4 Å². The summed E-state index contributed by atoms with van der Waals surface area (Å²) in [6, 6.07) is 13.6. The molecule has 2 aliphatic heterocycles. The normalized spacial score (nSPS) is 19.6. The Hall–Kier alpha value is -3.44. The van der Waals surface area contributed by atoms with Crippen LogP contribution in [-0.2, 0) is 41.0 Å². The Morgan fingerprint density at radius 2 is 1.13 bits per heavy atom. The molecule has 21 heteroatoms. The van der Waals surface area contributed by atoms with Gasteiger partial charge in [0, 0.05) is 40.0 Å². The van der Waals surface area contributed by atoms with Crippen LogP contribution in [0.4, 0.5) is 26.3 Å². The summed E-state index contributed by atoms with van der Waals surface area (Å²) in [6.45, 7) is 17.7. The zero-order valence-electron chi connectivity index (χ0n) is 40.2. The number of esters is 2. The minimum absolute atomic E-state index is 0.00850. The fourth-order valence-corrected chi connectivity index (χ4v) is 9.23. The molecule has 0 saturated carbocycles. The van der Waals surface area contributed by atoms with Gasteiger partial charge in [-0.25, -0.2) is 22.7 Å². The average molecular weight is 1110 g/mol. The van der Waals surface area contributed by atoms with Gasteiger partial charge in [0.2, 0.25) is 0 Å². The van der Waals surface area contributed by atoms with Gasteiger partial charge in [0.15, 0.2) is 0 Å². The zero-order valence-corrected chi connectivity index (χ0v) is 43.9. The second-order valence-corrected chi connectivity index (χ2v) is 24.7. The second-order valence-electron chi connectivity index (χ2n) is 19.6. The quantitative estimate of drug-likeness (QED) is 0.0955. The maximum atomic E-state index is 13.0. The fourth-order valence-electron chi connectivity index (χ4n) is 7.45. The molecule has 3 unspecified atom stereocenters. The molecule has 4 rings (SSSR count). The lowest BCUT2D eigenvalue weighted by Crippen LogP contribution is -2.48. The van der Waals surface area contributed by atoms with E-state index in [0.717, 1.165) is 18.9 Å². The van der Waals surface area contributed by atoms with Crippen LogP contribution in [0.5, 0.6) is 0 Å². The number of nitrogens with zero attached hydrogens (tertiary/aromatic N) is 3. The van der Waals surface area contributed by atoms with Crippen molar-refractivity contribution in [3.05, 3.63) is 68.8 Å². The van der Waals surface area contributed by atoms with Crippen molar-refractivity contribution in [1.29, 1.82) is 0 Å². The van der Waals surface area contributed by atoms with E-state index in [0.29, 0.717) is 49.7 Å². The third-order valence-electron chi connectivity index (χ3n) is 11.0. The first-order chi connectivity index (χ1) is 30.5. The zero-order chi connectivity index (χ0) is 51.5. The number of alkyl halides is 6. The smallest absolute Gasteiger partial charge is 0.465 e. The van der Waals surface area contributed by atoms with Crippen LogP contribution in [0.15, 0.2) is 52.9 Å². The molecule has 2 amide bonds. The molecule has 12 nitrogen and oxygen atoms in total. The first kappa shape index (κ1) is 59.7. The Morgan fingerprint density at radius 1 is 0.731 bits per heavy atom. The van der Waals surface area contributed by atoms with Crippen LogP contribution in [0.1, 0.15) is 140 Å². The minimum Gasteiger partial charge on any atom is -0.465 e. The number of hydrogen-bond acceptors (Lipinski definition) is 8. The Balaban J connectivity index is 0.000000390. The highest BCUT2D eigenvalue weighted by atomic mass is 127. The van der Waals surface area contributed by atoms with E-state index in [1.165, 1.54) is 14.2 Å². The van der Waals surface area contributed by atoms with Crippen LogP contribution < -0.4 is 4.72 Å². The summed E-state index contributed by atoms with van der Waals surface area (Å²) in [5.74, 6) is -4.46. The van der Waals surface area contributed by atoms with Crippen LogP contribution >= 0.6 is 22.6 Å². The number of hydrogen-bond donors (Lipinski definition) is 1. The molecule has 2 aliphatic rings. The summed E-state index contributed by atoms with van der Waals surface area (Å²) < 4.78 is 118. The van der Waals surface area contributed by atoms with E-state index in [1.807, 2.05) is 53.7 Å². The molecule has 2 aromatic rings. The number of amides is 2. The van der Waals surface area contributed by atoms with E-state index in [9.17, 15) is 53.9 Å². The summed E-state index contributed by atoms with van der Waals surface area (Å²) in [4.78, 5) is 47.8. The maximum absolute atomic E-state index is 13.0. The van der Waals surface area contributed by atoms with E-state index in [1.54, 1.807) is 70.3 Å². The molecular formula is C46H65F6IN4O8S2. The number of carbonyl (C=O) groups excluding carboxylic acids is 4. The number of rotatable bonds is 12. The van der Waals surface area contributed by atoms with Crippen molar-refractivity contribution in [1.82, 2.24) is 14.5 Å². The van der Waals surface area contributed by atoms with Gasteiger partial charge in [-0.15, -0.1) is 0 Å². The fraction of sp³-hybridized carbons (Fsp3) is 0.630. The highest BCUT2D eigenvalue weighted by Gasteiger charge is 2.52. The van der Waals surface area contributed by atoms with Crippen LogP contribution in [0.3, 0.4) is 0 Å². The number of ether oxygens (including phenoxy) is 2. The van der Waals surface area contributed by atoms with Gasteiger partial charge in [-0.3, -0.25) is 9.59 Å². The Morgan fingerprint density at radius 3 is 1.51 bits per heavy atom. The summed E-state index contributed by atoms with van der Waals surface area (Å²) in [5.41, 5.74) is 0.0867. The lowest BCUT2D eigenvalue weighted by molar-refractivity contribution is -0.188. The Labute approximate surface area is 409 Å². The molecule has 378 valence electrons. The van der Waals surface area contributed by atoms with E-state index in [-0.39, 0.29) is 36.9 Å². The van der Waals surface area contributed by atoms with E-state index in [4.69, 9.17) is 4.74 Å². The molecule has 0 aromatic heterocycles. The molecular weight excluding hydrogens is 1040 g/mol. The molecule has 0 spiro atoms. The molecule has 2 saturated heterocycles. The van der Waals surface area contributed by atoms with Gasteiger partial charge < -0.3 is 19.3 Å². The van der Waals surface area contributed by atoms with Crippen LogP contribution in [-0.4, -0.2) is 108 Å². The number of benzene rings is 2. The van der Waals surface area contributed by atoms with Gasteiger partial charge in [-0.2, -0.15) is 30.7 Å². The molecule has 0 radical (unpaired) electrons. The number of methoxy groups -OCH3 is 2. The SMILES string of the molecule is CC1(C)C[C@H](CCC=NS(=O)C(C)(C)C)CN1C(=O)C(F)(F)F.COC(=O)c1ccc(C(CC[C@@H]2CN(C(=O)C(F)(F)F)C(C)(C)C2)NS(=O)C(C)(C)C)cc1.COC(=O)c1ccc(I)cc1. The lowest BCUT2D eigenvalue weighted by Gasteiger charge is -2.31. The van der Waals surface area contributed by atoms with Crippen molar-refractivity contribution in [3.8, 4) is 0 Å². The topological polar surface area (TPSA) is 152 Å². The molecule has 2 aromatic carbocycles. The van der Waals surface area contributed by atoms with Gasteiger partial charge in [-0.1, -0.05) is 12.1 Å². The van der Waals surface area contributed by atoms with Crippen molar-refractivity contribution in [2.24, 2.45) is 16.2 Å². The van der Waals surface area contributed by atoms with Crippen molar-refractivity contribution >= 4 is 74.5 Å². The van der Waals surface area contributed by atoms with E-state index < -0.39 is 72.7 Å². The number of nitrogens with one attached hydrogen (secondary N) is 1. The van der Waals surface area contributed by atoms with Gasteiger partial charge in [0.05, 0.1) is 45.8 Å². The van der Waals surface area contributed by atoms with Gasteiger partial charge in [0.25, 0.3) is 0 Å². The molecule has 1 N–H and O–H groups in total. The Bertz CT molecular complexity index is 2070. The summed E-state index contributed by atoms with van der Waals surface area (Å²) in [6.07, 6.45) is -4.99. The number of likely N-dealkylation sites (tertiary alicyclic amines) is 2. The molecule has 2 fully saturated rings. The summed E-state index contributed by atoms with van der Waals surface area (Å²) in [7, 11) is -0.0386. The standard InChI is InChI=1S/C23H33F3N2O4S.C15H25F3N2O2S.C8H7IO2/c1-21(2,3)33(31)27-18(16-8-10-17(11-9-16)19(29)32-6)12-7-15-13-22(4,5)28(14-15)20(30)23(24,25)26;1-13(2,3)23(22)19-8-6-7-11-9-14(4,5)20(10-11)12(21)15(16,17)18;1-11-8(10)6-2-4-7(9)5-3-6/h8-11,15,18,27H,7,12-14H2,1-6H3;8,11H,6-7,9-10H2,1-5H3;2-5H,1H3/t15-,18?,33?;11-,23?;/m00./s1. The molecule has 0 bridgehead atoms. The molecule has 5 atom stereocenters. The monoisotopic (exact) mass is 1110 g/mol. The Kier molecular flexibility index (Phi) is 21.7. The molecule has 2 heterocycles. The van der Waals surface area contributed by atoms with Gasteiger partial charge in [-0.05, 0) is 184 Å². The predicted molar refractivity (Wildman–Crippen MR) is 257 cm³/mol. The number of halogens is 7. The first-order valence-electron chi connectivity index (χ1n) is 21.5. The second kappa shape index (κ2) is 24.4.